The van der Waals surface area contributed by atoms with Crippen molar-refractivity contribution in [1.29, 1.82) is 0 Å². The van der Waals surface area contributed by atoms with Crippen LogP contribution in [0.1, 0.15) is 139 Å². The fourth-order valence-corrected chi connectivity index (χ4v) is 14.1. The molecule has 4 saturated carbocycles. The highest BCUT2D eigenvalue weighted by molar-refractivity contribution is 5.27. The van der Waals surface area contributed by atoms with Gasteiger partial charge in [0.05, 0.1) is 25.4 Å². The van der Waals surface area contributed by atoms with Crippen molar-refractivity contribution >= 4 is 0 Å². The van der Waals surface area contributed by atoms with E-state index in [1.54, 1.807) is 0 Å². The predicted molar refractivity (Wildman–Crippen MR) is 195 cm³/mol. The SMILES string of the molecule is CC(C)(C)CC1CC2OCC3C4CCC(C(C)(C)C)CC4=CC(C4CC(C(C)(C)C)CC5=CCC6C7CCCC7OCC6C54)C3C2C1. The van der Waals surface area contributed by atoms with E-state index in [1.165, 1.54) is 77.0 Å². The van der Waals surface area contributed by atoms with Gasteiger partial charge in [0.1, 0.15) is 0 Å². The van der Waals surface area contributed by atoms with Crippen molar-refractivity contribution in [2.75, 3.05) is 13.2 Å². The highest BCUT2D eigenvalue weighted by Crippen LogP contribution is 2.64. The lowest BCUT2D eigenvalue weighted by Gasteiger charge is -2.59. The van der Waals surface area contributed by atoms with Crippen molar-refractivity contribution in [3.05, 3.63) is 23.3 Å². The topological polar surface area (TPSA) is 18.5 Å². The highest BCUT2D eigenvalue weighted by atomic mass is 16.5. The van der Waals surface area contributed by atoms with Crippen LogP contribution in [0.4, 0.5) is 0 Å². The molecule has 0 N–H and O–H groups in total. The van der Waals surface area contributed by atoms with E-state index in [0.717, 1.165) is 84.2 Å². The number of fused-ring (bicyclic) bond motifs is 10. The number of hydrogen-bond donors (Lipinski definition) is 0. The summed E-state index contributed by atoms with van der Waals surface area (Å²) in [5.74, 6) is 10.2. The molecule has 15 atom stereocenters. The molecule has 2 nitrogen and oxygen atoms in total. The van der Waals surface area contributed by atoms with Crippen LogP contribution in [-0.4, -0.2) is 25.4 Å². The minimum absolute atomic E-state index is 0.357. The second-order valence-electron chi connectivity index (χ2n) is 22.2. The highest BCUT2D eigenvalue weighted by Gasteiger charge is 2.59. The minimum atomic E-state index is 0.357. The number of allylic oxidation sites excluding steroid dienone is 4. The third kappa shape index (κ3) is 6.10. The predicted octanol–water partition coefficient (Wildman–Crippen LogP) is 11.5. The fraction of sp³-hybridized carbons (Fsp3) is 0.911. The van der Waals surface area contributed by atoms with Gasteiger partial charge in [-0.2, -0.15) is 0 Å². The van der Waals surface area contributed by atoms with Gasteiger partial charge in [-0.1, -0.05) is 92.0 Å². The van der Waals surface area contributed by atoms with Crippen molar-refractivity contribution in [3.8, 4) is 0 Å². The van der Waals surface area contributed by atoms with Gasteiger partial charge in [-0.3, -0.25) is 0 Å². The lowest BCUT2D eigenvalue weighted by Crippen LogP contribution is -2.55. The lowest BCUT2D eigenvalue weighted by molar-refractivity contribution is -0.136. The number of hydrogen-bond acceptors (Lipinski definition) is 2. The molecule has 0 radical (unpaired) electrons. The van der Waals surface area contributed by atoms with Crippen LogP contribution in [0.15, 0.2) is 23.3 Å². The van der Waals surface area contributed by atoms with Crippen LogP contribution in [0, 0.1) is 93.2 Å². The minimum Gasteiger partial charge on any atom is -0.378 e. The molecule has 0 spiro atoms. The summed E-state index contributed by atoms with van der Waals surface area (Å²) < 4.78 is 13.9. The average molecular weight is 645 g/mol. The molecule has 0 aromatic carbocycles. The first kappa shape index (κ1) is 33.5. The molecular weight excluding hydrogens is 572 g/mol. The molecule has 0 aromatic heterocycles. The second-order valence-corrected chi connectivity index (χ2v) is 22.2. The maximum Gasteiger partial charge on any atom is 0.0609 e. The Morgan fingerprint density at radius 1 is 0.638 bits per heavy atom. The lowest BCUT2D eigenvalue weighted by atomic mass is 9.48. The molecule has 47 heavy (non-hydrogen) atoms. The van der Waals surface area contributed by atoms with E-state index in [0.29, 0.717) is 34.4 Å². The largest absolute Gasteiger partial charge is 0.378 e. The Morgan fingerprint density at radius 3 is 2.11 bits per heavy atom. The Morgan fingerprint density at radius 2 is 1.36 bits per heavy atom. The Labute approximate surface area is 290 Å². The average Bonchev–Trinajstić information content (AvgIpc) is 3.64. The zero-order chi connectivity index (χ0) is 33.0. The zero-order valence-electron chi connectivity index (χ0n) is 32.0. The summed E-state index contributed by atoms with van der Waals surface area (Å²) in [6, 6.07) is 0. The van der Waals surface area contributed by atoms with Crippen LogP contribution in [0.5, 0.6) is 0 Å². The summed E-state index contributed by atoms with van der Waals surface area (Å²) >= 11 is 0. The normalized spacial score (nSPS) is 48.2. The van der Waals surface area contributed by atoms with Crippen molar-refractivity contribution < 1.29 is 9.47 Å². The van der Waals surface area contributed by atoms with Gasteiger partial charge >= 0.3 is 0 Å². The molecule has 264 valence electrons. The maximum absolute atomic E-state index is 7.05. The molecule has 0 bridgehead atoms. The van der Waals surface area contributed by atoms with Crippen LogP contribution >= 0.6 is 0 Å². The zero-order valence-corrected chi connectivity index (χ0v) is 32.0. The summed E-state index contributed by atoms with van der Waals surface area (Å²) in [6.45, 7) is 24.7. The third-order valence-corrected chi connectivity index (χ3v) is 16.3. The molecule has 2 saturated heterocycles. The summed E-state index contributed by atoms with van der Waals surface area (Å²) in [5.41, 5.74) is 4.90. The van der Waals surface area contributed by atoms with Gasteiger partial charge in [-0.15, -0.1) is 0 Å². The molecule has 0 aromatic rings. The summed E-state index contributed by atoms with van der Waals surface area (Å²) in [6.07, 6.45) is 23.4. The Bertz CT molecular complexity index is 1220. The first-order chi connectivity index (χ1) is 22.2. The van der Waals surface area contributed by atoms with Gasteiger partial charge in [-0.25, -0.2) is 0 Å². The smallest absolute Gasteiger partial charge is 0.0609 e. The van der Waals surface area contributed by atoms with Crippen LogP contribution in [-0.2, 0) is 9.47 Å². The van der Waals surface area contributed by atoms with Gasteiger partial charge in [0.25, 0.3) is 0 Å². The standard InChI is InChI=1S/C45H72O2/c1-43(2,3)23-26-17-36-40(18-26)47-24-37-31-16-14-29(44(4,5)6)20-28(31)21-34(42(36)37)35-22-30(45(7,8)9)19-27-13-15-32-33-11-10-12-39(33)46-25-38(32)41(27)35/h13,21,26,29-42H,10-12,14-20,22-25H2,1-9H3. The maximum atomic E-state index is 7.05. The van der Waals surface area contributed by atoms with Crippen molar-refractivity contribution in [1.82, 2.24) is 0 Å². The van der Waals surface area contributed by atoms with Gasteiger partial charge < -0.3 is 9.47 Å². The second kappa shape index (κ2) is 12.0. The summed E-state index contributed by atoms with van der Waals surface area (Å²) in [7, 11) is 0. The Kier molecular flexibility index (Phi) is 8.56. The first-order valence-corrected chi connectivity index (χ1v) is 20.8. The van der Waals surface area contributed by atoms with Gasteiger partial charge in [0, 0.05) is 0 Å². The first-order valence-electron chi connectivity index (χ1n) is 20.8. The van der Waals surface area contributed by atoms with Gasteiger partial charge in [-0.05, 0) is 164 Å². The summed E-state index contributed by atoms with van der Waals surface area (Å²) in [4.78, 5) is 0. The molecular formula is C45H72O2. The van der Waals surface area contributed by atoms with E-state index in [2.05, 4.69) is 74.5 Å². The molecule has 8 aliphatic rings. The van der Waals surface area contributed by atoms with Crippen molar-refractivity contribution in [2.24, 2.45) is 93.2 Å². The number of ether oxygens (including phenoxy) is 2. The Balaban J connectivity index is 1.21. The molecule has 6 fully saturated rings. The monoisotopic (exact) mass is 645 g/mol. The third-order valence-electron chi connectivity index (χ3n) is 16.3. The molecule has 8 rings (SSSR count). The van der Waals surface area contributed by atoms with Crippen LogP contribution in [0.2, 0.25) is 0 Å². The van der Waals surface area contributed by atoms with E-state index in [-0.39, 0.29) is 0 Å². The number of rotatable bonds is 2. The van der Waals surface area contributed by atoms with Gasteiger partial charge in [0.2, 0.25) is 0 Å². The molecule has 6 aliphatic carbocycles. The molecule has 2 heterocycles. The summed E-state index contributed by atoms with van der Waals surface area (Å²) in [5, 5.41) is 0. The van der Waals surface area contributed by atoms with E-state index < -0.39 is 0 Å². The fourth-order valence-electron chi connectivity index (χ4n) is 14.1. The van der Waals surface area contributed by atoms with Gasteiger partial charge in [0.15, 0.2) is 0 Å². The van der Waals surface area contributed by atoms with Crippen molar-refractivity contribution in [2.45, 2.75) is 152 Å². The van der Waals surface area contributed by atoms with E-state index in [4.69, 9.17) is 9.47 Å². The van der Waals surface area contributed by atoms with E-state index in [9.17, 15) is 0 Å². The molecule has 2 aliphatic heterocycles. The van der Waals surface area contributed by atoms with Crippen LogP contribution < -0.4 is 0 Å². The molecule has 2 heteroatoms. The Hall–Kier alpha value is -0.600. The van der Waals surface area contributed by atoms with Crippen LogP contribution in [0.25, 0.3) is 0 Å². The van der Waals surface area contributed by atoms with E-state index in [1.807, 2.05) is 11.1 Å². The van der Waals surface area contributed by atoms with Crippen molar-refractivity contribution in [3.63, 3.8) is 0 Å². The molecule has 15 unspecified atom stereocenters. The molecule has 0 amide bonds. The van der Waals surface area contributed by atoms with E-state index >= 15 is 0 Å². The quantitative estimate of drug-likeness (QED) is 0.279. The van der Waals surface area contributed by atoms with Crippen LogP contribution in [0.3, 0.4) is 0 Å².